The summed E-state index contributed by atoms with van der Waals surface area (Å²) in [4.78, 5) is 26.1. The Balaban J connectivity index is 1.66. The zero-order valence-electron chi connectivity index (χ0n) is 15.5. The summed E-state index contributed by atoms with van der Waals surface area (Å²) in [5, 5.41) is 0. The summed E-state index contributed by atoms with van der Waals surface area (Å²) in [5.41, 5.74) is 1.36. The third-order valence-electron chi connectivity index (χ3n) is 5.49. The zero-order valence-corrected chi connectivity index (χ0v) is 15.5. The normalized spacial score (nSPS) is 17.5. The van der Waals surface area contributed by atoms with Crippen molar-refractivity contribution in [3.63, 3.8) is 0 Å². The molecule has 2 aromatic heterocycles. The fourth-order valence-electron chi connectivity index (χ4n) is 3.98. The number of carbonyl (C=O) groups excluding carboxylic acids is 1. The molecule has 6 nitrogen and oxygen atoms in total. The van der Waals surface area contributed by atoms with Gasteiger partial charge in [-0.3, -0.25) is 9.36 Å². The fourth-order valence-corrected chi connectivity index (χ4v) is 3.98. The predicted octanol–water partition coefficient (Wildman–Crippen LogP) is 2.58. The van der Waals surface area contributed by atoms with E-state index in [0.29, 0.717) is 11.3 Å². The van der Waals surface area contributed by atoms with E-state index in [2.05, 4.69) is 21.8 Å². The van der Waals surface area contributed by atoms with Gasteiger partial charge in [0.15, 0.2) is 17.5 Å². The van der Waals surface area contributed by atoms with E-state index in [1.807, 2.05) is 12.1 Å². The lowest BCUT2D eigenvalue weighted by Gasteiger charge is -2.24. The van der Waals surface area contributed by atoms with Crippen molar-refractivity contribution in [1.82, 2.24) is 19.4 Å². The highest BCUT2D eigenvalue weighted by Gasteiger charge is 2.29. The van der Waals surface area contributed by atoms with E-state index in [1.165, 1.54) is 0 Å². The summed E-state index contributed by atoms with van der Waals surface area (Å²) in [6.45, 7) is 3.74. The molecule has 4 heterocycles. The van der Waals surface area contributed by atoms with Gasteiger partial charge in [0.25, 0.3) is 0 Å². The van der Waals surface area contributed by atoms with Crippen LogP contribution in [-0.4, -0.2) is 58.4 Å². The van der Waals surface area contributed by atoms with Crippen LogP contribution in [0.15, 0.2) is 24.3 Å². The smallest absolute Gasteiger partial charge is 0.203 e. The van der Waals surface area contributed by atoms with Crippen LogP contribution in [0.4, 0.5) is 14.6 Å². The first-order valence-electron chi connectivity index (χ1n) is 9.36. The van der Waals surface area contributed by atoms with Crippen molar-refractivity contribution in [3.05, 3.63) is 47.3 Å². The molecule has 1 saturated heterocycles. The van der Waals surface area contributed by atoms with Crippen molar-refractivity contribution in [2.75, 3.05) is 38.1 Å². The summed E-state index contributed by atoms with van der Waals surface area (Å²) >= 11 is 0. The molecular weight excluding hydrogens is 364 g/mol. The summed E-state index contributed by atoms with van der Waals surface area (Å²) in [6, 6.07) is 5.94. The SMILES string of the molecule is CN1CCCN(c2ccc3c(n2)-n2c(nc4cc(F)c(F)cc42)C(=O)C3)CC1. The van der Waals surface area contributed by atoms with E-state index in [1.54, 1.807) is 4.57 Å². The quantitative estimate of drug-likeness (QED) is 0.647. The molecule has 0 atom stereocenters. The van der Waals surface area contributed by atoms with Gasteiger partial charge in [-0.1, -0.05) is 6.07 Å². The van der Waals surface area contributed by atoms with Gasteiger partial charge in [0, 0.05) is 43.8 Å². The number of aromatic nitrogens is 3. The highest BCUT2D eigenvalue weighted by atomic mass is 19.2. The van der Waals surface area contributed by atoms with Crippen LogP contribution in [0.1, 0.15) is 22.6 Å². The third-order valence-corrected chi connectivity index (χ3v) is 5.49. The van der Waals surface area contributed by atoms with Crippen molar-refractivity contribution in [3.8, 4) is 5.82 Å². The minimum atomic E-state index is -0.981. The molecule has 5 rings (SSSR count). The molecule has 1 aromatic carbocycles. The van der Waals surface area contributed by atoms with Gasteiger partial charge in [-0.05, 0) is 26.1 Å². The molecule has 1 fully saturated rings. The largest absolute Gasteiger partial charge is 0.355 e. The molecule has 28 heavy (non-hydrogen) atoms. The summed E-state index contributed by atoms with van der Waals surface area (Å²) in [7, 11) is 2.10. The Morgan fingerprint density at radius 3 is 2.68 bits per heavy atom. The van der Waals surface area contributed by atoms with Crippen LogP contribution in [-0.2, 0) is 6.42 Å². The number of halogens is 2. The van der Waals surface area contributed by atoms with Gasteiger partial charge in [-0.15, -0.1) is 0 Å². The maximum atomic E-state index is 13.9. The van der Waals surface area contributed by atoms with Crippen LogP contribution in [0, 0.1) is 11.6 Å². The first-order chi connectivity index (χ1) is 13.5. The van der Waals surface area contributed by atoms with Gasteiger partial charge in [-0.25, -0.2) is 18.7 Å². The fraction of sp³-hybridized carbons (Fsp3) is 0.350. The second kappa shape index (κ2) is 6.34. The molecule has 0 radical (unpaired) electrons. The second-order valence-corrected chi connectivity index (χ2v) is 7.42. The molecule has 8 heteroatoms. The van der Waals surface area contributed by atoms with Gasteiger partial charge in [0.05, 0.1) is 11.0 Å². The number of carbonyl (C=O) groups is 1. The Kier molecular flexibility index (Phi) is 3.90. The van der Waals surface area contributed by atoms with Crippen molar-refractivity contribution >= 4 is 22.6 Å². The first kappa shape index (κ1) is 17.2. The second-order valence-electron chi connectivity index (χ2n) is 7.42. The lowest BCUT2D eigenvalue weighted by molar-refractivity contribution is 0.0977. The maximum Gasteiger partial charge on any atom is 0.203 e. The van der Waals surface area contributed by atoms with E-state index in [4.69, 9.17) is 4.98 Å². The molecule has 0 saturated carbocycles. The van der Waals surface area contributed by atoms with Gasteiger partial charge >= 0.3 is 0 Å². The topological polar surface area (TPSA) is 54.3 Å². The first-order valence-corrected chi connectivity index (χ1v) is 9.36. The highest BCUT2D eigenvalue weighted by Crippen LogP contribution is 2.31. The molecule has 0 aliphatic carbocycles. The molecule has 0 N–H and O–H groups in total. The third kappa shape index (κ3) is 2.67. The number of ketones is 1. The van der Waals surface area contributed by atoms with E-state index in [9.17, 15) is 13.6 Å². The van der Waals surface area contributed by atoms with Crippen LogP contribution in [0.25, 0.3) is 16.9 Å². The maximum absolute atomic E-state index is 13.9. The number of hydrogen-bond donors (Lipinski definition) is 0. The number of pyridine rings is 1. The lowest BCUT2D eigenvalue weighted by atomic mass is 10.1. The summed E-state index contributed by atoms with van der Waals surface area (Å²) in [6.07, 6.45) is 1.22. The number of rotatable bonds is 1. The monoisotopic (exact) mass is 383 g/mol. The van der Waals surface area contributed by atoms with Gasteiger partial charge in [0.1, 0.15) is 11.6 Å². The van der Waals surface area contributed by atoms with Crippen molar-refractivity contribution in [2.24, 2.45) is 0 Å². The van der Waals surface area contributed by atoms with Crippen molar-refractivity contribution < 1.29 is 13.6 Å². The molecular formula is C20H19F2N5O. The van der Waals surface area contributed by atoms with Crippen LogP contribution in [0.5, 0.6) is 0 Å². The van der Waals surface area contributed by atoms with E-state index >= 15 is 0 Å². The Morgan fingerprint density at radius 2 is 1.82 bits per heavy atom. The summed E-state index contributed by atoms with van der Waals surface area (Å²) in [5.74, 6) is -0.576. The van der Waals surface area contributed by atoms with E-state index in [-0.39, 0.29) is 23.5 Å². The molecule has 2 aliphatic heterocycles. The molecule has 3 aromatic rings. The van der Waals surface area contributed by atoms with Crippen LogP contribution in [0.3, 0.4) is 0 Å². The van der Waals surface area contributed by atoms with Crippen LogP contribution < -0.4 is 4.90 Å². The zero-order chi connectivity index (χ0) is 19.4. The van der Waals surface area contributed by atoms with Gasteiger partial charge in [-0.2, -0.15) is 0 Å². The van der Waals surface area contributed by atoms with Gasteiger partial charge in [0.2, 0.25) is 5.78 Å². The minimum Gasteiger partial charge on any atom is -0.355 e. The standard InChI is InChI=1S/C20H19F2N5O/c1-25-5-2-6-26(8-7-25)18-4-3-12-9-17(28)20-23-15-10-13(21)14(22)11-16(15)27(20)19(12)24-18/h3-4,10-11H,2,5-9H2,1H3. The average molecular weight is 383 g/mol. The van der Waals surface area contributed by atoms with E-state index in [0.717, 1.165) is 56.1 Å². The Bertz CT molecular complexity index is 1110. The Hall–Kier alpha value is -2.87. The number of anilines is 1. The highest BCUT2D eigenvalue weighted by molar-refractivity contribution is 6.01. The molecule has 0 bridgehead atoms. The number of Topliss-reactive ketones (excluding diaryl/α,β-unsaturated/α-hetero) is 1. The van der Waals surface area contributed by atoms with Crippen molar-refractivity contribution in [2.45, 2.75) is 12.8 Å². The Morgan fingerprint density at radius 1 is 1.00 bits per heavy atom. The number of hydrogen-bond acceptors (Lipinski definition) is 5. The molecule has 0 amide bonds. The number of fused-ring (bicyclic) bond motifs is 5. The molecule has 0 unspecified atom stereocenters. The number of imidazole rings is 1. The van der Waals surface area contributed by atoms with Gasteiger partial charge < -0.3 is 9.80 Å². The minimum absolute atomic E-state index is 0.174. The van der Waals surface area contributed by atoms with Crippen LogP contribution in [0.2, 0.25) is 0 Å². The predicted molar refractivity (Wildman–Crippen MR) is 101 cm³/mol. The number of nitrogens with zero attached hydrogens (tertiary/aromatic N) is 5. The average Bonchev–Trinajstić information content (AvgIpc) is 2.89. The Labute approximate surface area is 160 Å². The molecule has 2 aliphatic rings. The van der Waals surface area contributed by atoms with Crippen LogP contribution >= 0.6 is 0 Å². The van der Waals surface area contributed by atoms with Crippen molar-refractivity contribution in [1.29, 1.82) is 0 Å². The lowest BCUT2D eigenvalue weighted by Crippen LogP contribution is -2.30. The number of likely N-dealkylation sites (N-methyl/N-ethyl adjacent to an activating group) is 1. The summed E-state index contributed by atoms with van der Waals surface area (Å²) < 4.78 is 29.1. The van der Waals surface area contributed by atoms with E-state index < -0.39 is 11.6 Å². The molecule has 144 valence electrons. The number of benzene rings is 1. The molecule has 0 spiro atoms.